The van der Waals surface area contributed by atoms with E-state index in [0.29, 0.717) is 4.90 Å². The number of ketones is 1. The van der Waals surface area contributed by atoms with Crippen molar-refractivity contribution in [3.8, 4) is 0 Å². The molecule has 19 heavy (non-hydrogen) atoms. The van der Waals surface area contributed by atoms with Crippen LogP contribution < -0.4 is 0 Å². The van der Waals surface area contributed by atoms with Crippen molar-refractivity contribution in [2.45, 2.75) is 13.0 Å². The molecular weight excluding hydrogens is 250 g/mol. The maximum absolute atomic E-state index is 12.1. The van der Waals surface area contributed by atoms with E-state index in [0.717, 1.165) is 14.0 Å². The van der Waals surface area contributed by atoms with Crippen LogP contribution in [0.3, 0.4) is 0 Å². The van der Waals surface area contributed by atoms with Crippen LogP contribution in [0.15, 0.2) is 24.3 Å². The number of carbonyl (C=O) groups excluding carboxylic acids is 4. The van der Waals surface area contributed by atoms with Gasteiger partial charge in [0.2, 0.25) is 0 Å². The molecule has 6 heteroatoms. The Hall–Kier alpha value is -2.50. The first-order chi connectivity index (χ1) is 8.99. The molecule has 0 saturated heterocycles. The Kier molecular flexibility index (Phi) is 3.16. The third-order valence-corrected chi connectivity index (χ3v) is 2.89. The normalized spacial score (nSPS) is 15.2. The number of fused-ring (bicyclic) bond motifs is 1. The maximum Gasteiger partial charge on any atom is 0.336 e. The Labute approximate surface area is 108 Å². The van der Waals surface area contributed by atoms with E-state index in [9.17, 15) is 19.2 Å². The first-order valence-electron chi connectivity index (χ1n) is 5.54. The SMILES string of the molecule is COC(=O)C(C(C)=O)N1C(=O)c2ccccc2C1=O. The predicted molar refractivity (Wildman–Crippen MR) is 63.4 cm³/mol. The molecule has 1 atom stereocenters. The highest BCUT2D eigenvalue weighted by molar-refractivity contribution is 6.25. The zero-order valence-corrected chi connectivity index (χ0v) is 10.4. The van der Waals surface area contributed by atoms with Crippen molar-refractivity contribution in [3.05, 3.63) is 35.4 Å². The zero-order valence-electron chi connectivity index (χ0n) is 10.4. The highest BCUT2D eigenvalue weighted by atomic mass is 16.5. The van der Waals surface area contributed by atoms with Crippen LogP contribution in [0, 0.1) is 0 Å². The maximum atomic E-state index is 12.1. The average molecular weight is 261 g/mol. The Bertz CT molecular complexity index is 557. The van der Waals surface area contributed by atoms with E-state index in [-0.39, 0.29) is 11.1 Å². The Balaban J connectivity index is 2.48. The van der Waals surface area contributed by atoms with Gasteiger partial charge >= 0.3 is 5.97 Å². The number of amides is 2. The largest absolute Gasteiger partial charge is 0.467 e. The molecule has 2 amide bonds. The number of hydrogen-bond donors (Lipinski definition) is 0. The van der Waals surface area contributed by atoms with Gasteiger partial charge in [0, 0.05) is 0 Å². The van der Waals surface area contributed by atoms with Crippen LogP contribution >= 0.6 is 0 Å². The van der Waals surface area contributed by atoms with Crippen LogP contribution in [0.25, 0.3) is 0 Å². The summed E-state index contributed by atoms with van der Waals surface area (Å²) in [6.45, 7) is 1.13. The van der Waals surface area contributed by atoms with E-state index in [4.69, 9.17) is 0 Å². The van der Waals surface area contributed by atoms with Crippen LogP contribution in [0.1, 0.15) is 27.6 Å². The predicted octanol–water partition coefficient (Wildman–Crippen LogP) is 0.413. The summed E-state index contributed by atoms with van der Waals surface area (Å²) in [5.74, 6) is -2.87. The molecule has 1 aromatic carbocycles. The highest BCUT2D eigenvalue weighted by Crippen LogP contribution is 2.25. The van der Waals surface area contributed by atoms with Crippen molar-refractivity contribution in [2.75, 3.05) is 7.11 Å². The van der Waals surface area contributed by atoms with Gasteiger partial charge in [0.05, 0.1) is 18.2 Å². The summed E-state index contributed by atoms with van der Waals surface area (Å²) in [5, 5.41) is 0. The fraction of sp³-hybridized carbons (Fsp3) is 0.231. The van der Waals surface area contributed by atoms with E-state index in [1.54, 1.807) is 12.1 Å². The van der Waals surface area contributed by atoms with Gasteiger partial charge in [-0.25, -0.2) is 4.79 Å². The van der Waals surface area contributed by atoms with Gasteiger partial charge in [-0.3, -0.25) is 19.3 Å². The number of Topliss-reactive ketones (excluding diaryl/α,β-unsaturated/α-hetero) is 1. The minimum absolute atomic E-state index is 0.183. The van der Waals surface area contributed by atoms with Gasteiger partial charge in [-0.15, -0.1) is 0 Å². The van der Waals surface area contributed by atoms with Crippen molar-refractivity contribution in [1.29, 1.82) is 0 Å². The van der Waals surface area contributed by atoms with Gasteiger partial charge in [-0.2, -0.15) is 0 Å². The van der Waals surface area contributed by atoms with Gasteiger partial charge in [0.15, 0.2) is 11.8 Å². The number of benzene rings is 1. The molecule has 2 rings (SSSR count). The van der Waals surface area contributed by atoms with Gasteiger partial charge < -0.3 is 4.74 Å². The van der Waals surface area contributed by atoms with Crippen molar-refractivity contribution in [1.82, 2.24) is 4.90 Å². The molecule has 1 unspecified atom stereocenters. The molecule has 0 fully saturated rings. The van der Waals surface area contributed by atoms with Crippen LogP contribution in [0.4, 0.5) is 0 Å². The summed E-state index contributed by atoms with van der Waals surface area (Å²) in [5.41, 5.74) is 0.366. The molecular formula is C13H11NO5. The van der Waals surface area contributed by atoms with Crippen LogP contribution in [0.2, 0.25) is 0 Å². The first kappa shape index (κ1) is 12.9. The molecule has 0 N–H and O–H groups in total. The van der Waals surface area contributed by atoms with Gasteiger partial charge in [0.25, 0.3) is 11.8 Å². The van der Waals surface area contributed by atoms with Crippen molar-refractivity contribution >= 4 is 23.6 Å². The molecule has 1 aromatic rings. The Morgan fingerprint density at radius 1 is 1.11 bits per heavy atom. The van der Waals surface area contributed by atoms with E-state index in [1.165, 1.54) is 12.1 Å². The fourth-order valence-corrected chi connectivity index (χ4v) is 2.01. The van der Waals surface area contributed by atoms with Gasteiger partial charge in [0.1, 0.15) is 0 Å². The molecule has 0 spiro atoms. The monoisotopic (exact) mass is 261 g/mol. The third kappa shape index (κ3) is 1.91. The first-order valence-corrected chi connectivity index (χ1v) is 5.54. The summed E-state index contributed by atoms with van der Waals surface area (Å²) in [7, 11) is 1.09. The molecule has 6 nitrogen and oxygen atoms in total. The Morgan fingerprint density at radius 3 is 1.95 bits per heavy atom. The minimum Gasteiger partial charge on any atom is -0.467 e. The smallest absolute Gasteiger partial charge is 0.336 e. The molecule has 0 aromatic heterocycles. The molecule has 0 saturated carbocycles. The number of carbonyl (C=O) groups is 4. The standard InChI is InChI=1S/C13H11NO5/c1-7(15)10(13(18)19-2)14-11(16)8-5-3-4-6-9(8)12(14)17/h3-6,10H,1-2H3. The number of methoxy groups -OCH3 is 1. The van der Waals surface area contributed by atoms with Crippen molar-refractivity contribution in [3.63, 3.8) is 0 Å². The van der Waals surface area contributed by atoms with Gasteiger partial charge in [-0.1, -0.05) is 12.1 Å². The molecule has 1 heterocycles. The minimum atomic E-state index is -1.53. The second-order valence-electron chi connectivity index (χ2n) is 4.06. The summed E-state index contributed by atoms with van der Waals surface area (Å²) < 4.78 is 4.48. The lowest BCUT2D eigenvalue weighted by Crippen LogP contribution is -2.49. The zero-order chi connectivity index (χ0) is 14.2. The average Bonchev–Trinajstić information content (AvgIpc) is 2.64. The van der Waals surface area contributed by atoms with E-state index >= 15 is 0 Å². The number of hydrogen-bond acceptors (Lipinski definition) is 5. The molecule has 1 aliphatic heterocycles. The number of rotatable bonds is 3. The fourth-order valence-electron chi connectivity index (χ4n) is 2.01. The van der Waals surface area contributed by atoms with E-state index in [1.807, 2.05) is 0 Å². The molecule has 98 valence electrons. The van der Waals surface area contributed by atoms with Crippen molar-refractivity contribution < 1.29 is 23.9 Å². The summed E-state index contributed by atoms with van der Waals surface area (Å²) in [4.78, 5) is 48.0. The Morgan fingerprint density at radius 2 is 1.58 bits per heavy atom. The number of nitrogens with zero attached hydrogens (tertiary/aromatic N) is 1. The topological polar surface area (TPSA) is 80.8 Å². The second-order valence-corrected chi connectivity index (χ2v) is 4.06. The molecule has 0 bridgehead atoms. The summed E-state index contributed by atoms with van der Waals surface area (Å²) >= 11 is 0. The van der Waals surface area contributed by atoms with E-state index < -0.39 is 29.6 Å². The van der Waals surface area contributed by atoms with Crippen LogP contribution in [-0.2, 0) is 14.3 Å². The molecule has 1 aliphatic rings. The lowest BCUT2D eigenvalue weighted by molar-refractivity contribution is -0.148. The number of esters is 1. The van der Waals surface area contributed by atoms with Crippen LogP contribution in [0.5, 0.6) is 0 Å². The van der Waals surface area contributed by atoms with Gasteiger partial charge in [-0.05, 0) is 19.1 Å². The molecule has 0 radical (unpaired) electrons. The van der Waals surface area contributed by atoms with E-state index in [2.05, 4.69) is 4.74 Å². The summed E-state index contributed by atoms with van der Waals surface area (Å²) in [6.07, 6.45) is 0. The summed E-state index contributed by atoms with van der Waals surface area (Å²) in [6, 6.07) is 4.63. The third-order valence-electron chi connectivity index (χ3n) is 2.89. The van der Waals surface area contributed by atoms with Crippen LogP contribution in [-0.4, -0.2) is 41.6 Å². The number of imide groups is 1. The quantitative estimate of drug-likeness (QED) is 0.447. The lowest BCUT2D eigenvalue weighted by Gasteiger charge is -2.21. The number of ether oxygens (including phenoxy) is 1. The highest BCUT2D eigenvalue weighted by Gasteiger charge is 2.45. The second kappa shape index (κ2) is 4.64. The molecule has 0 aliphatic carbocycles. The lowest BCUT2D eigenvalue weighted by atomic mass is 10.1. The van der Waals surface area contributed by atoms with Crippen molar-refractivity contribution in [2.24, 2.45) is 0 Å².